The molecule has 0 spiro atoms. The normalized spacial score (nSPS) is 17.8. The van der Waals surface area contributed by atoms with E-state index in [0.717, 1.165) is 14.8 Å². The van der Waals surface area contributed by atoms with Crippen LogP contribution < -0.4 is 9.84 Å². The van der Waals surface area contributed by atoms with E-state index in [1.165, 1.54) is 31.4 Å². The lowest BCUT2D eigenvalue weighted by atomic mass is 9.94. The molecule has 2 aromatic rings. The van der Waals surface area contributed by atoms with E-state index in [1.54, 1.807) is 13.8 Å². The predicted octanol–water partition coefficient (Wildman–Crippen LogP) is 1.11. The van der Waals surface area contributed by atoms with Gasteiger partial charge in [-0.05, 0) is 42.7 Å². The molecule has 1 aliphatic heterocycles. The number of rotatable bonds is 13. The third kappa shape index (κ3) is 7.45. The standard InChI is InChI=1S/C27H38N2O8S/c1-27(2,19-30)18-28(38(34,35)23-11-9-22(36-3)10-12-23)16-25(31)24(15-20-7-5-4-6-8-20)29(26(32)33)21-13-14-37-17-21/h4-12,21,24-25,30-31H,13-19H2,1-3H3,(H,32,33)/p-1/t21-,24-,25+/m0/s1. The van der Waals surface area contributed by atoms with E-state index in [4.69, 9.17) is 9.47 Å². The summed E-state index contributed by atoms with van der Waals surface area (Å²) >= 11 is 0. The van der Waals surface area contributed by atoms with Crippen molar-refractivity contribution in [3.05, 3.63) is 60.2 Å². The molecule has 1 saturated heterocycles. The van der Waals surface area contributed by atoms with Crippen molar-refractivity contribution >= 4 is 16.1 Å². The molecule has 0 aliphatic carbocycles. The molecule has 0 saturated carbocycles. The monoisotopic (exact) mass is 549 g/mol. The number of carbonyl (C=O) groups excluding carboxylic acids is 1. The first-order valence-corrected chi connectivity index (χ1v) is 14.0. The highest BCUT2D eigenvalue weighted by Gasteiger charge is 2.38. The van der Waals surface area contributed by atoms with Crippen molar-refractivity contribution in [1.82, 2.24) is 9.21 Å². The number of methoxy groups -OCH3 is 1. The molecule has 0 aromatic heterocycles. The van der Waals surface area contributed by atoms with E-state index < -0.39 is 46.3 Å². The van der Waals surface area contributed by atoms with Gasteiger partial charge in [-0.1, -0.05) is 44.2 Å². The third-order valence-electron chi connectivity index (χ3n) is 6.72. The summed E-state index contributed by atoms with van der Waals surface area (Å²) < 4.78 is 39.1. The van der Waals surface area contributed by atoms with E-state index in [-0.39, 0.29) is 31.1 Å². The number of aliphatic hydroxyl groups excluding tert-OH is 2. The number of sulfonamides is 1. The topological polar surface area (TPSA) is 140 Å². The van der Waals surface area contributed by atoms with Gasteiger partial charge in [-0.15, -0.1) is 0 Å². The average molecular weight is 550 g/mol. The Morgan fingerprint density at radius 2 is 1.84 bits per heavy atom. The number of benzene rings is 2. The van der Waals surface area contributed by atoms with Gasteiger partial charge in [-0.25, -0.2) is 8.42 Å². The highest BCUT2D eigenvalue weighted by molar-refractivity contribution is 7.89. The summed E-state index contributed by atoms with van der Waals surface area (Å²) in [5.41, 5.74) is -0.0522. The second kappa shape index (κ2) is 12.9. The second-order valence-corrected chi connectivity index (χ2v) is 12.2. The van der Waals surface area contributed by atoms with Crippen LogP contribution in [0.1, 0.15) is 25.8 Å². The average Bonchev–Trinajstić information content (AvgIpc) is 3.42. The lowest BCUT2D eigenvalue weighted by molar-refractivity contribution is -0.272. The van der Waals surface area contributed by atoms with E-state index in [0.29, 0.717) is 18.8 Å². The van der Waals surface area contributed by atoms with Gasteiger partial charge in [0.05, 0.1) is 36.8 Å². The summed E-state index contributed by atoms with van der Waals surface area (Å²) in [5.74, 6) is 0.484. The van der Waals surface area contributed by atoms with Crippen molar-refractivity contribution < 1.29 is 38.0 Å². The highest BCUT2D eigenvalue weighted by atomic mass is 32.2. The summed E-state index contributed by atoms with van der Waals surface area (Å²) in [6.07, 6.45) is -2.28. The van der Waals surface area contributed by atoms with Crippen LogP contribution in [-0.4, -0.2) is 92.1 Å². The van der Waals surface area contributed by atoms with E-state index in [2.05, 4.69) is 0 Å². The maximum absolute atomic E-state index is 13.7. The molecular formula is C27H37N2O8S-. The summed E-state index contributed by atoms with van der Waals surface area (Å²) in [5, 5.41) is 33.7. The zero-order valence-corrected chi connectivity index (χ0v) is 22.8. The molecule has 11 heteroatoms. The number of hydrogen-bond donors (Lipinski definition) is 2. The van der Waals surface area contributed by atoms with E-state index in [1.807, 2.05) is 30.3 Å². The Bertz CT molecular complexity index is 1140. The first kappa shape index (κ1) is 29.9. The first-order chi connectivity index (χ1) is 18.0. The van der Waals surface area contributed by atoms with Gasteiger partial charge in [-0.2, -0.15) is 4.31 Å². The quantitative estimate of drug-likeness (QED) is 0.379. The molecule has 0 radical (unpaired) electrons. The minimum absolute atomic E-state index is 0.0141. The Balaban J connectivity index is 1.99. The Kier molecular flexibility index (Phi) is 10.1. The minimum Gasteiger partial charge on any atom is -0.530 e. The van der Waals surface area contributed by atoms with Crippen LogP contribution >= 0.6 is 0 Å². The maximum atomic E-state index is 13.7. The SMILES string of the molecule is COc1ccc(S(=O)(=O)N(C[C@@H](O)[C@H](Cc2ccccc2)N(C(=O)[O-])[C@H]2CCOC2)CC(C)(C)CO)cc1. The molecule has 10 nitrogen and oxygen atoms in total. The van der Waals surface area contributed by atoms with Gasteiger partial charge >= 0.3 is 0 Å². The molecule has 210 valence electrons. The number of hydrogen-bond acceptors (Lipinski definition) is 8. The highest BCUT2D eigenvalue weighted by Crippen LogP contribution is 2.27. The van der Waals surface area contributed by atoms with Gasteiger partial charge in [0.25, 0.3) is 0 Å². The molecule has 1 heterocycles. The van der Waals surface area contributed by atoms with Crippen LogP contribution in [-0.2, 0) is 21.2 Å². The number of nitrogens with zero attached hydrogens (tertiary/aromatic N) is 2. The number of carboxylic acid groups (broad SMARTS) is 1. The zero-order chi connectivity index (χ0) is 27.9. The van der Waals surface area contributed by atoms with Crippen LogP contribution in [0.4, 0.5) is 4.79 Å². The van der Waals surface area contributed by atoms with Gasteiger partial charge in [0.1, 0.15) is 11.8 Å². The Labute approximate surface area is 224 Å². The summed E-state index contributed by atoms with van der Waals surface area (Å²) in [6, 6.07) is 13.4. The minimum atomic E-state index is -4.14. The van der Waals surface area contributed by atoms with Crippen molar-refractivity contribution in [1.29, 1.82) is 0 Å². The third-order valence-corrected chi connectivity index (χ3v) is 8.55. The Morgan fingerprint density at radius 1 is 1.18 bits per heavy atom. The van der Waals surface area contributed by atoms with Crippen molar-refractivity contribution in [3.8, 4) is 5.75 Å². The van der Waals surface area contributed by atoms with Crippen LogP contribution in [0.3, 0.4) is 0 Å². The molecule has 1 aliphatic rings. The summed E-state index contributed by atoms with van der Waals surface area (Å²) in [6.45, 7) is 3.16. The van der Waals surface area contributed by atoms with Crippen LogP contribution in [0, 0.1) is 5.41 Å². The van der Waals surface area contributed by atoms with Crippen molar-refractivity contribution in [2.24, 2.45) is 5.41 Å². The van der Waals surface area contributed by atoms with Crippen molar-refractivity contribution in [2.45, 2.75) is 49.8 Å². The van der Waals surface area contributed by atoms with Gasteiger partial charge < -0.3 is 34.5 Å². The molecule has 3 rings (SSSR count). The smallest absolute Gasteiger partial charge is 0.243 e. The Hall–Kier alpha value is -2.70. The van der Waals surface area contributed by atoms with Crippen molar-refractivity contribution in [3.63, 3.8) is 0 Å². The van der Waals surface area contributed by atoms with Gasteiger partial charge in [0.2, 0.25) is 10.0 Å². The van der Waals surface area contributed by atoms with Crippen LogP contribution in [0.5, 0.6) is 5.75 Å². The number of amides is 1. The lowest BCUT2D eigenvalue weighted by Gasteiger charge is -2.42. The molecule has 3 atom stereocenters. The largest absolute Gasteiger partial charge is 0.530 e. The number of ether oxygens (including phenoxy) is 2. The molecule has 1 amide bonds. The lowest BCUT2D eigenvalue weighted by Crippen LogP contribution is -2.60. The van der Waals surface area contributed by atoms with Crippen LogP contribution in [0.15, 0.2) is 59.5 Å². The maximum Gasteiger partial charge on any atom is 0.243 e. The molecular weight excluding hydrogens is 512 g/mol. The fraction of sp³-hybridized carbons (Fsp3) is 0.519. The predicted molar refractivity (Wildman–Crippen MR) is 139 cm³/mol. The molecule has 0 unspecified atom stereocenters. The molecule has 38 heavy (non-hydrogen) atoms. The fourth-order valence-corrected chi connectivity index (χ4v) is 6.22. The van der Waals surface area contributed by atoms with Crippen LogP contribution in [0.2, 0.25) is 0 Å². The summed E-state index contributed by atoms with van der Waals surface area (Å²) in [4.78, 5) is 13.4. The molecule has 2 N–H and O–H groups in total. The van der Waals surface area contributed by atoms with E-state index in [9.17, 15) is 28.5 Å². The number of carbonyl (C=O) groups is 1. The molecule has 0 bridgehead atoms. The fourth-order valence-electron chi connectivity index (χ4n) is 4.57. The van der Waals surface area contributed by atoms with E-state index >= 15 is 0 Å². The molecule has 1 fully saturated rings. The second-order valence-electron chi connectivity index (χ2n) is 10.3. The van der Waals surface area contributed by atoms with Crippen molar-refractivity contribution in [2.75, 3.05) is 40.0 Å². The zero-order valence-electron chi connectivity index (χ0n) is 22.0. The first-order valence-electron chi connectivity index (χ1n) is 12.5. The number of aliphatic hydroxyl groups is 2. The van der Waals surface area contributed by atoms with Crippen LogP contribution in [0.25, 0.3) is 0 Å². The van der Waals surface area contributed by atoms with Gasteiger partial charge in [0.15, 0.2) is 0 Å². The summed E-state index contributed by atoms with van der Waals surface area (Å²) in [7, 11) is -2.66. The van der Waals surface area contributed by atoms with Gasteiger partial charge in [-0.3, -0.25) is 0 Å². The Morgan fingerprint density at radius 3 is 2.37 bits per heavy atom. The van der Waals surface area contributed by atoms with Gasteiger partial charge in [0, 0.05) is 31.7 Å². The molecule has 2 aromatic carbocycles.